The fourth-order valence-electron chi connectivity index (χ4n) is 4.67. The van der Waals surface area contributed by atoms with Gasteiger partial charge in [0.25, 0.3) is 5.91 Å². The number of hydrogen-bond acceptors (Lipinski definition) is 1. The van der Waals surface area contributed by atoms with Crippen molar-refractivity contribution in [2.75, 3.05) is 0 Å². The van der Waals surface area contributed by atoms with Crippen LogP contribution in [0.4, 0.5) is 0 Å². The van der Waals surface area contributed by atoms with Crippen molar-refractivity contribution in [1.29, 1.82) is 0 Å². The Labute approximate surface area is 207 Å². The lowest BCUT2D eigenvalue weighted by Crippen LogP contribution is -2.30. The largest absolute Gasteiger partial charge is 0.330 e. The van der Waals surface area contributed by atoms with Crippen molar-refractivity contribution in [3.05, 3.63) is 144 Å². The Kier molecular flexibility index (Phi) is 6.72. The molecule has 0 bridgehead atoms. The van der Waals surface area contributed by atoms with Crippen LogP contribution in [0.25, 0.3) is 21.9 Å². The van der Waals surface area contributed by atoms with Crippen LogP contribution in [0.3, 0.4) is 0 Å². The van der Waals surface area contributed by atoms with E-state index in [0.29, 0.717) is 13.1 Å². The Morgan fingerprint density at radius 2 is 1.34 bits per heavy atom. The second-order valence-corrected chi connectivity index (χ2v) is 8.88. The Morgan fingerprint density at radius 1 is 0.657 bits per heavy atom. The first-order chi connectivity index (χ1) is 17.2. The van der Waals surface area contributed by atoms with Gasteiger partial charge in [-0.05, 0) is 51.1 Å². The van der Waals surface area contributed by atoms with Crippen molar-refractivity contribution < 1.29 is 4.79 Å². The zero-order chi connectivity index (χ0) is 24.0. The van der Waals surface area contributed by atoms with E-state index in [0.717, 1.165) is 39.8 Å². The molecule has 0 heterocycles. The third-order valence-electron chi connectivity index (χ3n) is 6.55. The van der Waals surface area contributed by atoms with Crippen LogP contribution >= 0.6 is 0 Å². The summed E-state index contributed by atoms with van der Waals surface area (Å²) in [6.45, 7) is 3.22. The molecule has 0 atom stereocenters. The van der Waals surface area contributed by atoms with E-state index >= 15 is 0 Å². The van der Waals surface area contributed by atoms with Gasteiger partial charge in [0.15, 0.2) is 0 Å². The monoisotopic (exact) mass is 455 g/mol. The van der Waals surface area contributed by atoms with Gasteiger partial charge in [-0.15, -0.1) is 0 Å². The van der Waals surface area contributed by atoms with E-state index in [2.05, 4.69) is 91.9 Å². The fraction of sp³-hybridized carbons (Fsp3) is 0.121. The summed E-state index contributed by atoms with van der Waals surface area (Å²) in [5.41, 5.74) is 6.23. The predicted molar refractivity (Wildman–Crippen MR) is 145 cm³/mol. The number of carbonyl (C=O) groups excluding carboxylic acids is 1. The molecule has 0 radical (unpaired) electrons. The van der Waals surface area contributed by atoms with Crippen molar-refractivity contribution in [3.8, 4) is 11.1 Å². The molecule has 0 unspecified atom stereocenters. The lowest BCUT2D eigenvalue weighted by Gasteiger charge is -2.25. The summed E-state index contributed by atoms with van der Waals surface area (Å²) in [4.78, 5) is 16.3. The first-order valence-corrected chi connectivity index (χ1v) is 12.2. The SMILES string of the molecule is CCc1ccc(-c2ccccc2)c(C(=O)N(Cc2ccccc2)Cc2cccc3ccccc23)c1. The van der Waals surface area contributed by atoms with Gasteiger partial charge in [0.2, 0.25) is 0 Å². The molecule has 1 amide bonds. The van der Waals surface area contributed by atoms with Crippen LogP contribution in [0.15, 0.2) is 121 Å². The second-order valence-electron chi connectivity index (χ2n) is 8.88. The maximum Gasteiger partial charge on any atom is 0.255 e. The summed E-state index contributed by atoms with van der Waals surface area (Å²) in [5.74, 6) is 0.0518. The highest BCUT2D eigenvalue weighted by Crippen LogP contribution is 2.28. The smallest absolute Gasteiger partial charge is 0.255 e. The number of nitrogens with zero attached hydrogens (tertiary/aromatic N) is 1. The molecule has 2 heteroatoms. The predicted octanol–water partition coefficient (Wildman–Crippen LogP) is 7.91. The maximum absolute atomic E-state index is 14.3. The summed E-state index contributed by atoms with van der Waals surface area (Å²) >= 11 is 0. The van der Waals surface area contributed by atoms with E-state index in [4.69, 9.17) is 0 Å². The number of amides is 1. The summed E-state index contributed by atoms with van der Waals surface area (Å²) in [5, 5.41) is 2.38. The summed E-state index contributed by atoms with van der Waals surface area (Å²) in [6, 6.07) is 41.5. The third-order valence-corrected chi connectivity index (χ3v) is 6.55. The van der Waals surface area contributed by atoms with E-state index in [9.17, 15) is 4.79 Å². The van der Waals surface area contributed by atoms with Crippen molar-refractivity contribution in [1.82, 2.24) is 4.90 Å². The average molecular weight is 456 g/mol. The molecule has 5 aromatic rings. The molecule has 5 aromatic carbocycles. The lowest BCUT2D eigenvalue weighted by atomic mass is 9.95. The van der Waals surface area contributed by atoms with Crippen molar-refractivity contribution in [2.24, 2.45) is 0 Å². The van der Waals surface area contributed by atoms with E-state index in [1.165, 1.54) is 10.8 Å². The van der Waals surface area contributed by atoms with Gasteiger partial charge < -0.3 is 4.90 Å². The Bertz CT molecular complexity index is 1440. The number of benzene rings is 5. The molecule has 0 aliphatic rings. The number of aryl methyl sites for hydroxylation is 1. The fourth-order valence-corrected chi connectivity index (χ4v) is 4.67. The highest BCUT2D eigenvalue weighted by molar-refractivity contribution is 6.01. The molecular formula is C33H29NO. The standard InChI is InChI=1S/C33H29NO/c1-2-25-20-21-31(28-14-7-4-8-15-28)32(22-25)33(35)34(23-26-12-5-3-6-13-26)24-29-18-11-17-27-16-9-10-19-30(27)29/h3-22H,2,23-24H2,1H3. The lowest BCUT2D eigenvalue weighted by molar-refractivity contribution is 0.0731. The quantitative estimate of drug-likeness (QED) is 0.244. The Hall–Kier alpha value is -4.17. The van der Waals surface area contributed by atoms with Crippen LogP contribution < -0.4 is 0 Å². The van der Waals surface area contributed by atoms with Gasteiger partial charge in [0.1, 0.15) is 0 Å². The zero-order valence-corrected chi connectivity index (χ0v) is 20.0. The Balaban J connectivity index is 1.59. The summed E-state index contributed by atoms with van der Waals surface area (Å²) in [6.07, 6.45) is 0.886. The van der Waals surface area contributed by atoms with Crippen molar-refractivity contribution in [3.63, 3.8) is 0 Å². The molecule has 35 heavy (non-hydrogen) atoms. The van der Waals surface area contributed by atoms with Crippen LogP contribution in [0, 0.1) is 0 Å². The first kappa shape index (κ1) is 22.6. The highest BCUT2D eigenvalue weighted by Gasteiger charge is 2.21. The summed E-state index contributed by atoms with van der Waals surface area (Å²) in [7, 11) is 0. The minimum Gasteiger partial charge on any atom is -0.330 e. The minimum absolute atomic E-state index is 0.0518. The molecule has 0 aromatic heterocycles. The zero-order valence-electron chi connectivity index (χ0n) is 20.0. The van der Waals surface area contributed by atoms with Crippen LogP contribution in [0.2, 0.25) is 0 Å². The number of rotatable bonds is 7. The van der Waals surface area contributed by atoms with Crippen LogP contribution in [-0.2, 0) is 19.5 Å². The van der Waals surface area contributed by atoms with E-state index in [1.807, 2.05) is 41.3 Å². The molecule has 0 saturated heterocycles. The van der Waals surface area contributed by atoms with Gasteiger partial charge in [0, 0.05) is 18.7 Å². The Morgan fingerprint density at radius 3 is 2.11 bits per heavy atom. The minimum atomic E-state index is 0.0518. The number of fused-ring (bicyclic) bond motifs is 1. The van der Waals surface area contributed by atoms with Crippen LogP contribution in [-0.4, -0.2) is 10.8 Å². The van der Waals surface area contributed by atoms with E-state index in [-0.39, 0.29) is 5.91 Å². The molecule has 5 rings (SSSR count). The third kappa shape index (κ3) is 5.02. The van der Waals surface area contributed by atoms with Crippen molar-refractivity contribution in [2.45, 2.75) is 26.4 Å². The van der Waals surface area contributed by atoms with E-state index in [1.54, 1.807) is 0 Å². The molecule has 0 aliphatic heterocycles. The van der Waals surface area contributed by atoms with Gasteiger partial charge in [-0.3, -0.25) is 4.79 Å². The highest BCUT2D eigenvalue weighted by atomic mass is 16.2. The molecular weight excluding hydrogens is 426 g/mol. The molecule has 0 N–H and O–H groups in total. The maximum atomic E-state index is 14.3. The van der Waals surface area contributed by atoms with Gasteiger partial charge in [0.05, 0.1) is 0 Å². The number of carbonyl (C=O) groups is 1. The normalized spacial score (nSPS) is 10.9. The molecule has 0 aliphatic carbocycles. The first-order valence-electron chi connectivity index (χ1n) is 12.2. The van der Waals surface area contributed by atoms with Crippen LogP contribution in [0.5, 0.6) is 0 Å². The molecule has 2 nitrogen and oxygen atoms in total. The van der Waals surface area contributed by atoms with Gasteiger partial charge >= 0.3 is 0 Å². The van der Waals surface area contributed by atoms with Gasteiger partial charge in [-0.2, -0.15) is 0 Å². The molecule has 0 fully saturated rings. The second kappa shape index (κ2) is 10.4. The van der Waals surface area contributed by atoms with Crippen LogP contribution in [0.1, 0.15) is 34.0 Å². The molecule has 172 valence electrons. The van der Waals surface area contributed by atoms with Gasteiger partial charge in [-0.1, -0.05) is 122 Å². The topological polar surface area (TPSA) is 20.3 Å². The number of hydrogen-bond donors (Lipinski definition) is 0. The van der Waals surface area contributed by atoms with Crippen molar-refractivity contribution >= 4 is 16.7 Å². The average Bonchev–Trinajstić information content (AvgIpc) is 2.93. The van der Waals surface area contributed by atoms with E-state index < -0.39 is 0 Å². The molecule has 0 spiro atoms. The molecule has 0 saturated carbocycles. The summed E-state index contributed by atoms with van der Waals surface area (Å²) < 4.78 is 0. The van der Waals surface area contributed by atoms with Gasteiger partial charge in [-0.25, -0.2) is 0 Å².